The van der Waals surface area contributed by atoms with Crippen LogP contribution in [0.2, 0.25) is 0 Å². The van der Waals surface area contributed by atoms with Crippen LogP contribution in [0.25, 0.3) is 0 Å². The molecule has 7 heteroatoms. The lowest BCUT2D eigenvalue weighted by Gasteiger charge is -2.12. The highest BCUT2D eigenvalue weighted by Gasteiger charge is 2.15. The van der Waals surface area contributed by atoms with E-state index in [0.29, 0.717) is 36.0 Å². The molecule has 29 heavy (non-hydrogen) atoms. The largest absolute Gasteiger partial charge is 0.493 e. The van der Waals surface area contributed by atoms with Gasteiger partial charge in [0.25, 0.3) is 0 Å². The molecular weight excluding hydrogens is 372 g/mol. The Morgan fingerprint density at radius 3 is 2.72 bits per heavy atom. The fourth-order valence-corrected chi connectivity index (χ4v) is 2.84. The van der Waals surface area contributed by atoms with Crippen LogP contribution in [0.15, 0.2) is 47.2 Å². The normalized spacial score (nSPS) is 10.6. The molecule has 7 nitrogen and oxygen atoms in total. The third-order valence-corrected chi connectivity index (χ3v) is 4.52. The fraction of sp³-hybridized carbons (Fsp3) is 0.318. The van der Waals surface area contributed by atoms with Crippen LogP contribution >= 0.6 is 0 Å². The Labute approximate surface area is 169 Å². The van der Waals surface area contributed by atoms with Crippen LogP contribution in [-0.2, 0) is 17.8 Å². The van der Waals surface area contributed by atoms with Crippen molar-refractivity contribution in [2.75, 3.05) is 13.7 Å². The minimum absolute atomic E-state index is 0.301. The van der Waals surface area contributed by atoms with Gasteiger partial charge in [0.05, 0.1) is 30.5 Å². The van der Waals surface area contributed by atoms with Crippen LogP contribution in [0.5, 0.6) is 11.5 Å². The highest BCUT2D eigenvalue weighted by Crippen LogP contribution is 2.29. The Morgan fingerprint density at radius 2 is 2.03 bits per heavy atom. The van der Waals surface area contributed by atoms with Gasteiger partial charge in [0.1, 0.15) is 12.4 Å². The molecule has 0 spiro atoms. The summed E-state index contributed by atoms with van der Waals surface area (Å²) in [7, 11) is 1.53. The zero-order valence-corrected chi connectivity index (χ0v) is 16.8. The molecule has 0 fully saturated rings. The molecule has 0 saturated heterocycles. The molecule has 0 saturated carbocycles. The molecule has 2 aromatic heterocycles. The van der Waals surface area contributed by atoms with Gasteiger partial charge >= 0.3 is 5.97 Å². The molecule has 0 atom stereocenters. The number of hydrogen-bond donors (Lipinski definition) is 0. The summed E-state index contributed by atoms with van der Waals surface area (Å²) < 4.78 is 21.7. The third kappa shape index (κ3) is 5.34. The van der Waals surface area contributed by atoms with Crippen LogP contribution in [0.1, 0.15) is 39.4 Å². The maximum atomic E-state index is 12.3. The number of rotatable bonds is 9. The van der Waals surface area contributed by atoms with E-state index in [1.54, 1.807) is 24.4 Å². The third-order valence-electron chi connectivity index (χ3n) is 4.52. The average Bonchev–Trinajstić information content (AvgIpc) is 3.07. The maximum absolute atomic E-state index is 12.3. The molecule has 0 bridgehead atoms. The smallest absolute Gasteiger partial charge is 0.338 e. The second-order valence-electron chi connectivity index (χ2n) is 6.56. The minimum atomic E-state index is -0.397. The molecule has 0 aliphatic carbocycles. The summed E-state index contributed by atoms with van der Waals surface area (Å²) in [4.78, 5) is 16.4. The van der Waals surface area contributed by atoms with Gasteiger partial charge in [-0.05, 0) is 56.5 Å². The van der Waals surface area contributed by atoms with Gasteiger partial charge in [0, 0.05) is 12.4 Å². The quantitative estimate of drug-likeness (QED) is 0.398. The second kappa shape index (κ2) is 9.73. The molecule has 0 N–H and O–H groups in total. The van der Waals surface area contributed by atoms with Crippen LogP contribution in [0, 0.1) is 13.8 Å². The lowest BCUT2D eigenvalue weighted by molar-refractivity contribution is 0.0500. The molecule has 3 rings (SSSR count). The van der Waals surface area contributed by atoms with Crippen molar-refractivity contribution in [3.05, 3.63) is 70.9 Å². The van der Waals surface area contributed by atoms with E-state index in [2.05, 4.69) is 10.1 Å². The number of ether oxygens (including phenoxy) is 3. The predicted octanol–water partition coefficient (Wildman–Crippen LogP) is 4.06. The summed E-state index contributed by atoms with van der Waals surface area (Å²) in [6.45, 7) is 4.33. The first-order chi connectivity index (χ1) is 14.1. The van der Waals surface area contributed by atoms with Crippen molar-refractivity contribution in [3.8, 4) is 11.5 Å². The van der Waals surface area contributed by atoms with Crippen molar-refractivity contribution < 1.29 is 23.5 Å². The molecule has 0 amide bonds. The monoisotopic (exact) mass is 396 g/mol. The van der Waals surface area contributed by atoms with Crippen LogP contribution in [-0.4, -0.2) is 29.8 Å². The van der Waals surface area contributed by atoms with Crippen molar-refractivity contribution in [3.63, 3.8) is 0 Å². The van der Waals surface area contributed by atoms with Crippen LogP contribution < -0.4 is 9.47 Å². The van der Waals surface area contributed by atoms with Crippen molar-refractivity contribution in [1.82, 2.24) is 10.1 Å². The van der Waals surface area contributed by atoms with Crippen LogP contribution in [0.4, 0.5) is 0 Å². The summed E-state index contributed by atoms with van der Waals surface area (Å²) in [6.07, 6.45) is 5.08. The van der Waals surface area contributed by atoms with E-state index in [1.165, 1.54) is 7.11 Å². The Bertz CT molecular complexity index is 934. The standard InChI is InChI=1S/C22H24N2O5/c1-15-19(16(2)29-24-15)14-28-20-9-8-18(12-21(20)26-3)22(25)27-11-5-7-17-6-4-10-23-13-17/h4,6,8-10,12-13H,5,7,11,14H2,1-3H3. The number of benzene rings is 1. The average molecular weight is 396 g/mol. The molecule has 0 radical (unpaired) electrons. The summed E-state index contributed by atoms with van der Waals surface area (Å²) in [5, 5.41) is 3.91. The van der Waals surface area contributed by atoms with E-state index in [9.17, 15) is 4.79 Å². The molecule has 1 aromatic carbocycles. The maximum Gasteiger partial charge on any atom is 0.338 e. The van der Waals surface area contributed by atoms with Gasteiger partial charge in [-0.25, -0.2) is 4.79 Å². The first kappa shape index (κ1) is 20.4. The lowest BCUT2D eigenvalue weighted by atomic mass is 10.1. The topological polar surface area (TPSA) is 83.7 Å². The van der Waals surface area contributed by atoms with E-state index >= 15 is 0 Å². The van der Waals surface area contributed by atoms with Gasteiger partial charge in [0.15, 0.2) is 11.5 Å². The predicted molar refractivity (Wildman–Crippen MR) is 106 cm³/mol. The summed E-state index contributed by atoms with van der Waals surface area (Å²) in [5.41, 5.74) is 3.20. The van der Waals surface area contributed by atoms with Crippen molar-refractivity contribution in [1.29, 1.82) is 0 Å². The first-order valence-corrected chi connectivity index (χ1v) is 9.37. The number of hydrogen-bond acceptors (Lipinski definition) is 7. The van der Waals surface area contributed by atoms with Gasteiger partial charge in [0.2, 0.25) is 0 Å². The van der Waals surface area contributed by atoms with E-state index < -0.39 is 5.97 Å². The fourth-order valence-electron chi connectivity index (χ4n) is 2.84. The number of aromatic nitrogens is 2. The SMILES string of the molecule is COc1cc(C(=O)OCCCc2cccnc2)ccc1OCc1c(C)noc1C. The molecule has 0 aliphatic rings. The number of aryl methyl sites for hydroxylation is 3. The molecule has 0 aliphatic heterocycles. The van der Waals surface area contributed by atoms with Gasteiger partial charge < -0.3 is 18.7 Å². The number of nitrogens with zero attached hydrogens (tertiary/aromatic N) is 2. The van der Waals surface area contributed by atoms with E-state index in [1.807, 2.05) is 32.2 Å². The van der Waals surface area contributed by atoms with E-state index in [-0.39, 0.29) is 0 Å². The number of methoxy groups -OCH3 is 1. The molecule has 2 heterocycles. The molecular formula is C22H24N2O5. The Morgan fingerprint density at radius 1 is 1.17 bits per heavy atom. The molecule has 0 unspecified atom stereocenters. The lowest BCUT2D eigenvalue weighted by Crippen LogP contribution is -2.08. The van der Waals surface area contributed by atoms with Crippen molar-refractivity contribution in [2.45, 2.75) is 33.3 Å². The summed E-state index contributed by atoms with van der Waals surface area (Å²) in [5.74, 6) is 1.31. The molecule has 3 aromatic rings. The minimum Gasteiger partial charge on any atom is -0.493 e. The number of carbonyl (C=O) groups is 1. The zero-order chi connectivity index (χ0) is 20.6. The summed E-state index contributed by atoms with van der Waals surface area (Å²) in [6, 6.07) is 8.87. The van der Waals surface area contributed by atoms with Gasteiger partial charge in [-0.1, -0.05) is 11.2 Å². The van der Waals surface area contributed by atoms with E-state index in [4.69, 9.17) is 18.7 Å². The summed E-state index contributed by atoms with van der Waals surface area (Å²) >= 11 is 0. The second-order valence-corrected chi connectivity index (χ2v) is 6.56. The van der Waals surface area contributed by atoms with Gasteiger partial charge in [-0.2, -0.15) is 0 Å². The highest BCUT2D eigenvalue weighted by atomic mass is 16.5. The first-order valence-electron chi connectivity index (χ1n) is 9.37. The number of carbonyl (C=O) groups excluding carboxylic acids is 1. The Balaban J connectivity index is 1.55. The van der Waals surface area contributed by atoms with Crippen molar-refractivity contribution in [2.24, 2.45) is 0 Å². The number of esters is 1. The van der Waals surface area contributed by atoms with Crippen LogP contribution in [0.3, 0.4) is 0 Å². The van der Waals surface area contributed by atoms with Gasteiger partial charge in [-0.15, -0.1) is 0 Å². The zero-order valence-electron chi connectivity index (χ0n) is 16.8. The Hall–Kier alpha value is -3.35. The van der Waals surface area contributed by atoms with Gasteiger partial charge in [-0.3, -0.25) is 4.98 Å². The molecule has 152 valence electrons. The van der Waals surface area contributed by atoms with Crippen molar-refractivity contribution >= 4 is 5.97 Å². The Kier molecular flexibility index (Phi) is 6.84. The van der Waals surface area contributed by atoms with E-state index in [0.717, 1.165) is 29.7 Å². The number of pyridine rings is 1. The highest BCUT2D eigenvalue weighted by molar-refractivity contribution is 5.90.